The lowest BCUT2D eigenvalue weighted by Gasteiger charge is -2.19. The van der Waals surface area contributed by atoms with Crippen molar-refractivity contribution in [3.8, 4) is 11.5 Å². The molecule has 2 rings (SSSR count). The fraction of sp³-hybridized carbons (Fsp3) is 0.409. The Hall–Kier alpha value is -2.73. The zero-order valence-corrected chi connectivity index (χ0v) is 17.2. The highest BCUT2D eigenvalue weighted by Crippen LogP contribution is 2.17. The molecule has 0 bridgehead atoms. The average Bonchev–Trinajstić information content (AvgIpc) is 2.70. The highest BCUT2D eigenvalue weighted by molar-refractivity contribution is 5.79. The highest BCUT2D eigenvalue weighted by atomic mass is 16.5. The van der Waals surface area contributed by atoms with E-state index in [0.717, 1.165) is 28.6 Å². The summed E-state index contributed by atoms with van der Waals surface area (Å²) in [7, 11) is 3.42. The fourth-order valence-corrected chi connectivity index (χ4v) is 2.58. The third-order valence-corrected chi connectivity index (χ3v) is 4.12. The van der Waals surface area contributed by atoms with Crippen LogP contribution in [0.1, 0.15) is 18.1 Å². The van der Waals surface area contributed by atoms with E-state index in [9.17, 15) is 0 Å². The Balaban J connectivity index is 1.78. The van der Waals surface area contributed by atoms with E-state index in [1.807, 2.05) is 62.4 Å². The van der Waals surface area contributed by atoms with Gasteiger partial charge in [-0.2, -0.15) is 0 Å². The number of hydrogen-bond donors (Lipinski definition) is 2. The molecular formula is C22H31N3O3. The summed E-state index contributed by atoms with van der Waals surface area (Å²) in [5.74, 6) is 2.47. The van der Waals surface area contributed by atoms with E-state index in [-0.39, 0.29) is 6.10 Å². The Morgan fingerprint density at radius 2 is 1.89 bits per heavy atom. The zero-order valence-electron chi connectivity index (χ0n) is 17.2. The number of methoxy groups -OCH3 is 1. The monoisotopic (exact) mass is 385 g/mol. The number of nitrogens with one attached hydrogen (secondary N) is 2. The van der Waals surface area contributed by atoms with E-state index in [2.05, 4.69) is 15.6 Å². The van der Waals surface area contributed by atoms with E-state index in [0.29, 0.717) is 26.3 Å². The first-order chi connectivity index (χ1) is 13.6. The number of rotatable bonds is 10. The molecule has 0 saturated heterocycles. The van der Waals surface area contributed by atoms with Gasteiger partial charge >= 0.3 is 0 Å². The zero-order chi connectivity index (χ0) is 20.2. The SMILES string of the molecule is CN=C(NCc1cccc(OCCOC)c1)NCC(C)Oc1ccccc1C. The van der Waals surface area contributed by atoms with Crippen LogP contribution in [0.25, 0.3) is 0 Å². The van der Waals surface area contributed by atoms with Crippen molar-refractivity contribution in [2.75, 3.05) is 33.9 Å². The summed E-state index contributed by atoms with van der Waals surface area (Å²) in [4.78, 5) is 4.27. The molecular weight excluding hydrogens is 354 g/mol. The number of para-hydroxylation sites is 1. The van der Waals surface area contributed by atoms with Crippen molar-refractivity contribution in [1.82, 2.24) is 10.6 Å². The Morgan fingerprint density at radius 3 is 2.64 bits per heavy atom. The Morgan fingerprint density at radius 1 is 1.07 bits per heavy atom. The first-order valence-corrected chi connectivity index (χ1v) is 9.50. The van der Waals surface area contributed by atoms with Gasteiger partial charge in [-0.05, 0) is 43.2 Å². The Bertz CT molecular complexity index is 749. The number of aryl methyl sites for hydroxylation is 1. The number of ether oxygens (including phenoxy) is 3. The van der Waals surface area contributed by atoms with Crippen LogP contribution in [0.3, 0.4) is 0 Å². The number of benzene rings is 2. The molecule has 1 unspecified atom stereocenters. The first kappa shape index (κ1) is 21.6. The third kappa shape index (κ3) is 7.48. The van der Waals surface area contributed by atoms with Gasteiger partial charge in [0.1, 0.15) is 24.2 Å². The van der Waals surface area contributed by atoms with Crippen molar-refractivity contribution in [3.63, 3.8) is 0 Å². The molecule has 0 aromatic heterocycles. The molecule has 0 aliphatic heterocycles. The van der Waals surface area contributed by atoms with E-state index in [4.69, 9.17) is 14.2 Å². The lowest BCUT2D eigenvalue weighted by Crippen LogP contribution is -2.41. The van der Waals surface area contributed by atoms with Crippen LogP contribution in [0.2, 0.25) is 0 Å². The second-order valence-corrected chi connectivity index (χ2v) is 6.49. The molecule has 0 radical (unpaired) electrons. The van der Waals surface area contributed by atoms with Gasteiger partial charge in [-0.25, -0.2) is 0 Å². The molecule has 1 atom stereocenters. The summed E-state index contributed by atoms with van der Waals surface area (Å²) in [6.07, 6.45) is 0.0113. The van der Waals surface area contributed by atoms with Gasteiger partial charge in [0.2, 0.25) is 0 Å². The fourth-order valence-electron chi connectivity index (χ4n) is 2.58. The van der Waals surface area contributed by atoms with Crippen molar-refractivity contribution < 1.29 is 14.2 Å². The van der Waals surface area contributed by atoms with Gasteiger partial charge < -0.3 is 24.8 Å². The lowest BCUT2D eigenvalue weighted by molar-refractivity contribution is 0.146. The number of aliphatic imine (C=N–C) groups is 1. The second kappa shape index (κ2) is 11.9. The molecule has 0 fully saturated rings. The molecule has 0 spiro atoms. The van der Waals surface area contributed by atoms with Crippen LogP contribution in [0, 0.1) is 6.92 Å². The van der Waals surface area contributed by atoms with Gasteiger partial charge in [-0.3, -0.25) is 4.99 Å². The van der Waals surface area contributed by atoms with E-state index in [1.54, 1.807) is 14.2 Å². The van der Waals surface area contributed by atoms with E-state index in [1.165, 1.54) is 0 Å². The predicted molar refractivity (Wildman–Crippen MR) is 113 cm³/mol. The first-order valence-electron chi connectivity index (χ1n) is 9.50. The second-order valence-electron chi connectivity index (χ2n) is 6.49. The quantitative estimate of drug-likeness (QED) is 0.374. The van der Waals surface area contributed by atoms with Crippen LogP contribution in [-0.4, -0.2) is 46.0 Å². The summed E-state index contributed by atoms with van der Waals surface area (Å²) in [6, 6.07) is 16.0. The topological polar surface area (TPSA) is 64.1 Å². The summed E-state index contributed by atoms with van der Waals surface area (Å²) in [6.45, 7) is 6.48. The molecule has 0 aliphatic carbocycles. The number of nitrogens with zero attached hydrogens (tertiary/aromatic N) is 1. The summed E-state index contributed by atoms with van der Waals surface area (Å²) in [5.41, 5.74) is 2.24. The van der Waals surface area contributed by atoms with Crippen LogP contribution in [0.5, 0.6) is 11.5 Å². The third-order valence-electron chi connectivity index (χ3n) is 4.12. The molecule has 6 heteroatoms. The van der Waals surface area contributed by atoms with Gasteiger partial charge in [-0.15, -0.1) is 0 Å². The normalized spacial score (nSPS) is 12.4. The summed E-state index contributed by atoms with van der Waals surface area (Å²) < 4.78 is 16.6. The number of guanidine groups is 1. The van der Waals surface area contributed by atoms with Crippen LogP contribution in [0.15, 0.2) is 53.5 Å². The van der Waals surface area contributed by atoms with Crippen LogP contribution in [0.4, 0.5) is 0 Å². The van der Waals surface area contributed by atoms with Gasteiger partial charge in [0.05, 0.1) is 13.2 Å². The minimum atomic E-state index is 0.0113. The molecule has 0 amide bonds. The molecule has 0 aliphatic rings. The maximum atomic E-state index is 5.99. The Kier molecular flexibility index (Phi) is 9.15. The number of hydrogen-bond acceptors (Lipinski definition) is 4. The van der Waals surface area contributed by atoms with Gasteiger partial charge in [-0.1, -0.05) is 30.3 Å². The minimum Gasteiger partial charge on any atom is -0.491 e. The standard InChI is InChI=1S/C22H31N3O3/c1-17-8-5-6-11-21(17)28-18(2)15-24-22(23-3)25-16-19-9-7-10-20(14-19)27-13-12-26-4/h5-11,14,18H,12-13,15-16H2,1-4H3,(H2,23,24,25). The molecule has 6 nitrogen and oxygen atoms in total. The molecule has 152 valence electrons. The maximum absolute atomic E-state index is 5.99. The molecule has 2 aromatic carbocycles. The molecule has 0 heterocycles. The molecule has 2 aromatic rings. The van der Waals surface area contributed by atoms with Crippen molar-refractivity contribution in [2.45, 2.75) is 26.5 Å². The molecule has 0 saturated carbocycles. The predicted octanol–water partition coefficient (Wildman–Crippen LogP) is 3.15. The largest absolute Gasteiger partial charge is 0.491 e. The summed E-state index contributed by atoms with van der Waals surface area (Å²) in [5, 5.41) is 6.62. The van der Waals surface area contributed by atoms with Crippen LogP contribution < -0.4 is 20.1 Å². The van der Waals surface area contributed by atoms with E-state index >= 15 is 0 Å². The van der Waals surface area contributed by atoms with Crippen molar-refractivity contribution >= 4 is 5.96 Å². The molecule has 2 N–H and O–H groups in total. The Labute approximate surface area is 167 Å². The van der Waals surface area contributed by atoms with Crippen LogP contribution >= 0.6 is 0 Å². The smallest absolute Gasteiger partial charge is 0.191 e. The van der Waals surface area contributed by atoms with E-state index < -0.39 is 0 Å². The van der Waals surface area contributed by atoms with Gasteiger partial charge in [0.15, 0.2) is 5.96 Å². The van der Waals surface area contributed by atoms with Crippen molar-refractivity contribution in [3.05, 3.63) is 59.7 Å². The van der Waals surface area contributed by atoms with Crippen LogP contribution in [-0.2, 0) is 11.3 Å². The lowest BCUT2D eigenvalue weighted by atomic mass is 10.2. The van der Waals surface area contributed by atoms with Crippen molar-refractivity contribution in [1.29, 1.82) is 0 Å². The van der Waals surface area contributed by atoms with Crippen molar-refractivity contribution in [2.24, 2.45) is 4.99 Å². The summed E-state index contributed by atoms with van der Waals surface area (Å²) >= 11 is 0. The highest BCUT2D eigenvalue weighted by Gasteiger charge is 2.07. The van der Waals surface area contributed by atoms with Gasteiger partial charge in [0.25, 0.3) is 0 Å². The maximum Gasteiger partial charge on any atom is 0.191 e. The average molecular weight is 386 g/mol. The minimum absolute atomic E-state index is 0.0113. The molecule has 28 heavy (non-hydrogen) atoms. The van der Waals surface area contributed by atoms with Gasteiger partial charge in [0, 0.05) is 20.7 Å².